The Morgan fingerprint density at radius 2 is 1.85 bits per heavy atom. The Labute approximate surface area is 227 Å². The topological polar surface area (TPSA) is 74.5 Å². The van der Waals surface area contributed by atoms with Crippen LogP contribution in [0.4, 0.5) is 5.69 Å². The number of halogens is 4. The van der Waals surface area contributed by atoms with E-state index in [4.69, 9.17) is 27.9 Å². The monoisotopic (exact) mass is 635 g/mol. The molecule has 3 aromatic rings. The molecule has 1 saturated heterocycles. The molecule has 0 atom stereocenters. The Morgan fingerprint density at radius 1 is 1.12 bits per heavy atom. The number of amidine groups is 1. The number of benzene rings is 3. The fraction of sp³-hybridized carbons (Fsp3) is 0.0417. The van der Waals surface area contributed by atoms with Crippen molar-refractivity contribution in [3.63, 3.8) is 0 Å². The molecular formula is C24H13Br2Cl2N3O2S. The number of aliphatic imine (C=N–C) groups is 1. The molecule has 3 aromatic carbocycles. The molecule has 0 saturated carbocycles. The minimum Gasteiger partial charge on any atom is -0.486 e. The number of hydrogen-bond donors (Lipinski definition) is 1. The van der Waals surface area contributed by atoms with Gasteiger partial charge in [0, 0.05) is 5.56 Å². The summed E-state index contributed by atoms with van der Waals surface area (Å²) in [4.78, 5) is 17.4. The number of hydrogen-bond acceptors (Lipinski definition) is 5. The number of carbonyl (C=O) groups is 1. The summed E-state index contributed by atoms with van der Waals surface area (Å²) in [5, 5.41) is 13.1. The Hall–Kier alpha value is -2.28. The molecule has 1 aliphatic heterocycles. The van der Waals surface area contributed by atoms with Crippen LogP contribution in [0.1, 0.15) is 16.7 Å². The van der Waals surface area contributed by atoms with Gasteiger partial charge in [-0.1, -0.05) is 47.5 Å². The number of carbonyl (C=O) groups excluding carboxylic acids is 1. The highest BCUT2D eigenvalue weighted by Gasteiger charge is 2.24. The summed E-state index contributed by atoms with van der Waals surface area (Å²) in [6, 6.07) is 18.3. The molecule has 0 aromatic heterocycles. The first-order valence-corrected chi connectivity index (χ1v) is 12.8. The Morgan fingerprint density at radius 3 is 2.59 bits per heavy atom. The van der Waals surface area contributed by atoms with E-state index in [9.17, 15) is 10.1 Å². The second-order valence-electron chi connectivity index (χ2n) is 6.93. The summed E-state index contributed by atoms with van der Waals surface area (Å²) in [6.07, 6.45) is 1.76. The number of nitriles is 1. The lowest BCUT2D eigenvalue weighted by atomic mass is 10.1. The van der Waals surface area contributed by atoms with Crippen molar-refractivity contribution in [2.45, 2.75) is 6.61 Å². The summed E-state index contributed by atoms with van der Waals surface area (Å²) < 4.78 is 7.35. The van der Waals surface area contributed by atoms with Crippen molar-refractivity contribution in [2.75, 3.05) is 0 Å². The van der Waals surface area contributed by atoms with Gasteiger partial charge in [0.15, 0.2) is 5.17 Å². The molecule has 0 radical (unpaired) electrons. The average molecular weight is 638 g/mol. The van der Waals surface area contributed by atoms with E-state index in [0.717, 1.165) is 11.1 Å². The second-order valence-corrected chi connectivity index (χ2v) is 10.5. The smallest absolute Gasteiger partial charge is 0.264 e. The summed E-state index contributed by atoms with van der Waals surface area (Å²) in [5.74, 6) is 0.332. The molecule has 34 heavy (non-hydrogen) atoms. The van der Waals surface area contributed by atoms with Crippen LogP contribution in [0.15, 0.2) is 73.4 Å². The highest BCUT2D eigenvalue weighted by Crippen LogP contribution is 2.38. The highest BCUT2D eigenvalue weighted by atomic mass is 79.9. The molecule has 10 heteroatoms. The zero-order valence-electron chi connectivity index (χ0n) is 17.1. The zero-order valence-corrected chi connectivity index (χ0v) is 22.6. The van der Waals surface area contributed by atoms with Gasteiger partial charge in [0.05, 0.1) is 41.2 Å². The lowest BCUT2D eigenvalue weighted by Crippen LogP contribution is -2.19. The van der Waals surface area contributed by atoms with Gasteiger partial charge < -0.3 is 10.1 Å². The van der Waals surface area contributed by atoms with Crippen molar-refractivity contribution < 1.29 is 9.53 Å². The van der Waals surface area contributed by atoms with Crippen LogP contribution >= 0.6 is 66.8 Å². The molecule has 0 bridgehead atoms. The maximum atomic E-state index is 12.5. The molecule has 0 spiro atoms. The predicted molar refractivity (Wildman–Crippen MR) is 145 cm³/mol. The lowest BCUT2D eigenvalue weighted by molar-refractivity contribution is -0.115. The van der Waals surface area contributed by atoms with E-state index in [1.54, 1.807) is 30.3 Å². The van der Waals surface area contributed by atoms with Crippen LogP contribution in [0.2, 0.25) is 10.0 Å². The van der Waals surface area contributed by atoms with Crippen LogP contribution in [-0.4, -0.2) is 11.1 Å². The van der Waals surface area contributed by atoms with Crippen LogP contribution in [-0.2, 0) is 11.4 Å². The van der Waals surface area contributed by atoms with E-state index in [0.29, 0.717) is 46.1 Å². The molecule has 1 aliphatic rings. The number of thioether (sulfide) groups is 1. The summed E-state index contributed by atoms with van der Waals surface area (Å²) in [6.45, 7) is 0.242. The fourth-order valence-corrected chi connectivity index (χ4v) is 5.65. The Bertz CT molecular complexity index is 1380. The third-order valence-corrected chi connectivity index (χ3v) is 7.53. The molecule has 0 unspecified atom stereocenters. The first-order valence-electron chi connectivity index (χ1n) is 9.69. The van der Waals surface area contributed by atoms with Gasteiger partial charge in [0.2, 0.25) is 0 Å². The van der Waals surface area contributed by atoms with Crippen molar-refractivity contribution in [2.24, 2.45) is 4.99 Å². The SMILES string of the molecule is N#Cc1ccccc1COc1c(Br)cc(/C=C2\SC(=Nc3cccc(Cl)c3Cl)NC2=O)cc1Br. The molecule has 1 heterocycles. The molecule has 170 valence electrons. The van der Waals surface area contributed by atoms with E-state index >= 15 is 0 Å². The van der Waals surface area contributed by atoms with E-state index < -0.39 is 0 Å². The molecule has 1 N–H and O–H groups in total. The maximum Gasteiger partial charge on any atom is 0.264 e. The van der Waals surface area contributed by atoms with Crippen molar-refractivity contribution in [1.29, 1.82) is 5.26 Å². The Balaban J connectivity index is 1.53. The van der Waals surface area contributed by atoms with Gasteiger partial charge >= 0.3 is 0 Å². The van der Waals surface area contributed by atoms with Gasteiger partial charge in [-0.15, -0.1) is 0 Å². The van der Waals surface area contributed by atoms with E-state index in [1.165, 1.54) is 11.8 Å². The fourth-order valence-electron chi connectivity index (χ4n) is 3.03. The van der Waals surface area contributed by atoms with Crippen molar-refractivity contribution >= 4 is 89.7 Å². The molecule has 1 amide bonds. The summed E-state index contributed by atoms with van der Waals surface area (Å²) in [7, 11) is 0. The van der Waals surface area contributed by atoms with Crippen LogP contribution in [0.3, 0.4) is 0 Å². The van der Waals surface area contributed by atoms with Crippen molar-refractivity contribution in [3.05, 3.63) is 95.2 Å². The predicted octanol–water partition coefficient (Wildman–Crippen LogP) is 7.86. The molecule has 1 fully saturated rings. The summed E-state index contributed by atoms with van der Waals surface area (Å²) in [5.41, 5.74) is 2.61. The van der Waals surface area contributed by atoms with Crippen LogP contribution < -0.4 is 10.1 Å². The van der Waals surface area contributed by atoms with Gasteiger partial charge in [-0.3, -0.25) is 4.79 Å². The zero-order chi connectivity index (χ0) is 24.2. The maximum absolute atomic E-state index is 12.5. The quantitative estimate of drug-likeness (QED) is 0.289. The molecule has 0 aliphatic carbocycles. The van der Waals surface area contributed by atoms with Crippen LogP contribution in [0.25, 0.3) is 6.08 Å². The minimum atomic E-state index is -0.261. The normalized spacial score (nSPS) is 15.4. The van der Waals surface area contributed by atoms with E-state index in [2.05, 4.69) is 48.2 Å². The van der Waals surface area contributed by atoms with Crippen molar-refractivity contribution in [1.82, 2.24) is 5.32 Å². The van der Waals surface area contributed by atoms with Crippen molar-refractivity contribution in [3.8, 4) is 11.8 Å². The number of nitrogens with zero attached hydrogens (tertiary/aromatic N) is 2. The first-order chi connectivity index (χ1) is 16.4. The van der Waals surface area contributed by atoms with Gasteiger partial charge in [0.25, 0.3) is 5.91 Å². The van der Waals surface area contributed by atoms with Gasteiger partial charge in [-0.2, -0.15) is 5.26 Å². The second kappa shape index (κ2) is 11.0. The highest BCUT2D eigenvalue weighted by molar-refractivity contribution is 9.11. The number of amides is 1. The van der Waals surface area contributed by atoms with E-state index in [-0.39, 0.29) is 12.5 Å². The first kappa shape index (κ1) is 24.8. The minimum absolute atomic E-state index is 0.242. The lowest BCUT2D eigenvalue weighted by Gasteiger charge is -2.12. The largest absolute Gasteiger partial charge is 0.486 e. The van der Waals surface area contributed by atoms with Gasteiger partial charge in [-0.25, -0.2) is 4.99 Å². The van der Waals surface area contributed by atoms with Crippen LogP contribution in [0, 0.1) is 11.3 Å². The molecular weight excluding hydrogens is 625 g/mol. The number of nitrogens with one attached hydrogen (secondary N) is 1. The van der Waals surface area contributed by atoms with E-state index in [1.807, 2.05) is 30.3 Å². The van der Waals surface area contributed by atoms with Crippen LogP contribution in [0.5, 0.6) is 5.75 Å². The molecule has 5 nitrogen and oxygen atoms in total. The Kier molecular flexibility index (Phi) is 8.02. The summed E-state index contributed by atoms with van der Waals surface area (Å²) >= 11 is 20.5. The number of rotatable bonds is 5. The molecule has 4 rings (SSSR count). The number of ether oxygens (including phenoxy) is 1. The third kappa shape index (κ3) is 5.68. The van der Waals surface area contributed by atoms with Gasteiger partial charge in [-0.05, 0) is 85.6 Å². The third-order valence-electron chi connectivity index (χ3n) is 4.63. The standard InChI is InChI=1S/C24H13Br2Cl2N3O2S/c25-16-8-13(9-17(26)22(16)33-12-15-5-2-1-4-14(15)11-29)10-20-23(32)31-24(34-20)30-19-7-3-6-18(27)21(19)28/h1-10H,12H2,(H,30,31,32)/b20-10-. The average Bonchev–Trinajstić information content (AvgIpc) is 3.15. The van der Waals surface area contributed by atoms with Gasteiger partial charge in [0.1, 0.15) is 12.4 Å².